The molecule has 1 aromatic heterocycles. The van der Waals surface area contributed by atoms with Gasteiger partial charge >= 0.3 is 0 Å². The first-order valence-electron chi connectivity index (χ1n) is 4.73. The van der Waals surface area contributed by atoms with Crippen molar-refractivity contribution in [3.8, 4) is 5.75 Å². The van der Waals surface area contributed by atoms with Crippen LogP contribution in [0.4, 0.5) is 0 Å². The van der Waals surface area contributed by atoms with Gasteiger partial charge in [0.1, 0.15) is 5.75 Å². The van der Waals surface area contributed by atoms with Gasteiger partial charge < -0.3 is 15.2 Å². The fourth-order valence-electron chi connectivity index (χ4n) is 1.45. The van der Waals surface area contributed by atoms with Crippen LogP contribution < -0.4 is 0 Å². The van der Waals surface area contributed by atoms with Crippen LogP contribution in [-0.4, -0.2) is 34.6 Å². The molecule has 0 aliphatic heterocycles. The van der Waals surface area contributed by atoms with Crippen molar-refractivity contribution in [1.82, 2.24) is 4.98 Å². The van der Waals surface area contributed by atoms with Gasteiger partial charge in [-0.05, 0) is 12.1 Å². The number of aromatic hydroxyl groups is 1. The number of aromatic nitrogens is 1. The van der Waals surface area contributed by atoms with E-state index in [-0.39, 0.29) is 12.4 Å². The second kappa shape index (κ2) is 4.14. The number of H-pyrrole nitrogens is 1. The van der Waals surface area contributed by atoms with Gasteiger partial charge in [-0.15, -0.1) is 0 Å². The Hall–Kier alpha value is -1.81. The van der Waals surface area contributed by atoms with Crippen molar-refractivity contribution in [1.29, 1.82) is 0 Å². The molecule has 0 radical (unpaired) electrons. The van der Waals surface area contributed by atoms with Gasteiger partial charge in [0.25, 0.3) is 0 Å². The van der Waals surface area contributed by atoms with Crippen LogP contribution in [0.5, 0.6) is 5.75 Å². The fraction of sp³-hybridized carbons (Fsp3) is 0.182. The van der Waals surface area contributed by atoms with E-state index in [0.717, 1.165) is 10.9 Å². The minimum Gasteiger partial charge on any atom is -0.505 e. The summed E-state index contributed by atoms with van der Waals surface area (Å²) < 4.78 is 0. The number of aliphatic hydroxyl groups excluding tert-OH is 1. The van der Waals surface area contributed by atoms with E-state index in [4.69, 9.17) is 5.11 Å². The van der Waals surface area contributed by atoms with Gasteiger partial charge in [0.15, 0.2) is 0 Å². The molecule has 0 aliphatic rings. The minimum absolute atomic E-state index is 0.0114. The molecule has 15 heavy (non-hydrogen) atoms. The van der Waals surface area contributed by atoms with Crippen molar-refractivity contribution in [3.05, 3.63) is 30.0 Å². The largest absolute Gasteiger partial charge is 0.505 e. The highest BCUT2D eigenvalue weighted by Crippen LogP contribution is 2.27. The Morgan fingerprint density at radius 1 is 1.33 bits per heavy atom. The molecule has 0 bridgehead atoms. The quantitative estimate of drug-likeness (QED) is 0.659. The van der Waals surface area contributed by atoms with Gasteiger partial charge in [-0.25, -0.2) is 0 Å². The second-order valence-electron chi connectivity index (χ2n) is 3.19. The molecule has 0 saturated carbocycles. The molecule has 3 N–H and O–H groups in total. The number of nitrogens with zero attached hydrogens (tertiary/aromatic N) is 1. The van der Waals surface area contributed by atoms with E-state index in [0.29, 0.717) is 12.2 Å². The Morgan fingerprint density at radius 3 is 2.87 bits per heavy atom. The second-order valence-corrected chi connectivity index (χ2v) is 3.19. The van der Waals surface area contributed by atoms with Crippen LogP contribution in [0, 0.1) is 0 Å². The molecule has 0 saturated heterocycles. The molecule has 0 atom stereocenters. The number of para-hydroxylation sites is 1. The van der Waals surface area contributed by atoms with Crippen molar-refractivity contribution in [3.63, 3.8) is 0 Å². The predicted octanol–water partition coefficient (Wildman–Crippen LogP) is 1.28. The van der Waals surface area contributed by atoms with Crippen molar-refractivity contribution in [2.45, 2.75) is 0 Å². The summed E-state index contributed by atoms with van der Waals surface area (Å²) in [6.45, 7) is 0.353. The maximum absolute atomic E-state index is 9.80. The van der Waals surface area contributed by atoms with Crippen LogP contribution in [0.25, 0.3) is 10.9 Å². The van der Waals surface area contributed by atoms with Crippen LogP contribution in [-0.2, 0) is 0 Å². The molecule has 2 aromatic rings. The zero-order chi connectivity index (χ0) is 10.7. The number of nitrogens with one attached hydrogen (secondary N) is 1. The molecule has 4 heteroatoms. The smallest absolute Gasteiger partial charge is 0.149 e. The van der Waals surface area contributed by atoms with E-state index in [9.17, 15) is 5.11 Å². The van der Waals surface area contributed by atoms with Crippen LogP contribution in [0.3, 0.4) is 0 Å². The Bertz CT molecular complexity index is 488. The topological polar surface area (TPSA) is 68.6 Å². The number of benzene rings is 1. The number of aliphatic hydroxyl groups is 1. The number of hydrogen-bond donors (Lipinski definition) is 3. The van der Waals surface area contributed by atoms with Gasteiger partial charge in [0.2, 0.25) is 0 Å². The summed E-state index contributed by atoms with van der Waals surface area (Å²) in [5.74, 6) is 0.201. The zero-order valence-corrected chi connectivity index (χ0v) is 8.14. The third-order valence-electron chi connectivity index (χ3n) is 2.16. The number of hydrogen-bond acceptors (Lipinski definition) is 3. The van der Waals surface area contributed by atoms with E-state index >= 15 is 0 Å². The first-order chi connectivity index (χ1) is 7.33. The van der Waals surface area contributed by atoms with Crippen LogP contribution in [0.15, 0.2) is 29.3 Å². The lowest BCUT2D eigenvalue weighted by molar-refractivity contribution is 0.307. The van der Waals surface area contributed by atoms with Gasteiger partial charge in [-0.3, -0.25) is 4.99 Å². The Kier molecular flexibility index (Phi) is 2.69. The highest BCUT2D eigenvalue weighted by atomic mass is 16.3. The van der Waals surface area contributed by atoms with Gasteiger partial charge in [0, 0.05) is 17.1 Å². The number of aliphatic imine (C=N–C) groups is 1. The standard InChI is InChI=1S/C11H12N2O2/c14-6-5-12-7-10-11(15)8-3-1-2-4-9(8)13-10/h1-4,7,13-15H,5-6H2. The summed E-state index contributed by atoms with van der Waals surface area (Å²) in [5.41, 5.74) is 1.45. The predicted molar refractivity (Wildman–Crippen MR) is 59.5 cm³/mol. The average molecular weight is 204 g/mol. The lowest BCUT2D eigenvalue weighted by Gasteiger charge is -1.89. The van der Waals surface area contributed by atoms with Gasteiger partial charge in [-0.2, -0.15) is 0 Å². The van der Waals surface area contributed by atoms with Gasteiger partial charge in [-0.1, -0.05) is 12.1 Å². The maximum atomic E-state index is 9.80. The van der Waals surface area contributed by atoms with E-state index < -0.39 is 0 Å². The third kappa shape index (κ3) is 1.85. The minimum atomic E-state index is 0.0114. The number of rotatable bonds is 3. The first-order valence-corrected chi connectivity index (χ1v) is 4.73. The molecule has 0 aliphatic carbocycles. The molecule has 0 spiro atoms. The highest BCUT2D eigenvalue weighted by Gasteiger charge is 2.06. The SMILES string of the molecule is OCCN=Cc1[nH]c2ccccc2c1O. The van der Waals surface area contributed by atoms with Crippen molar-refractivity contribution in [2.24, 2.45) is 4.99 Å². The summed E-state index contributed by atoms with van der Waals surface area (Å²) >= 11 is 0. The molecule has 4 nitrogen and oxygen atoms in total. The molecule has 1 heterocycles. The monoisotopic (exact) mass is 204 g/mol. The number of fused-ring (bicyclic) bond motifs is 1. The summed E-state index contributed by atoms with van der Waals surface area (Å²) in [4.78, 5) is 6.99. The van der Waals surface area contributed by atoms with Crippen LogP contribution >= 0.6 is 0 Å². The van der Waals surface area contributed by atoms with Crippen LogP contribution in [0.2, 0.25) is 0 Å². The maximum Gasteiger partial charge on any atom is 0.149 e. The zero-order valence-electron chi connectivity index (χ0n) is 8.14. The Balaban J connectivity index is 2.40. The lowest BCUT2D eigenvalue weighted by Crippen LogP contribution is -1.89. The Labute approximate surface area is 86.9 Å². The summed E-state index contributed by atoms with van der Waals surface area (Å²) in [6.07, 6.45) is 1.53. The van der Waals surface area contributed by atoms with Crippen molar-refractivity contribution < 1.29 is 10.2 Å². The van der Waals surface area contributed by atoms with E-state index in [1.54, 1.807) is 0 Å². The average Bonchev–Trinajstić information content (AvgIpc) is 2.57. The summed E-state index contributed by atoms with van der Waals surface area (Å²) in [7, 11) is 0. The fourth-order valence-corrected chi connectivity index (χ4v) is 1.45. The molecular weight excluding hydrogens is 192 g/mol. The molecule has 2 rings (SSSR count). The molecule has 0 unspecified atom stereocenters. The first kappa shape index (κ1) is 9.73. The van der Waals surface area contributed by atoms with E-state index in [1.807, 2.05) is 24.3 Å². The summed E-state index contributed by atoms with van der Waals surface area (Å²) in [6, 6.07) is 7.49. The molecule has 0 fully saturated rings. The number of aromatic amines is 1. The van der Waals surface area contributed by atoms with Crippen LogP contribution in [0.1, 0.15) is 5.69 Å². The van der Waals surface area contributed by atoms with E-state index in [2.05, 4.69) is 9.98 Å². The summed E-state index contributed by atoms with van der Waals surface area (Å²) in [5, 5.41) is 19.2. The van der Waals surface area contributed by atoms with Gasteiger partial charge in [0.05, 0.1) is 18.8 Å². The normalized spacial score (nSPS) is 11.5. The van der Waals surface area contributed by atoms with E-state index in [1.165, 1.54) is 6.21 Å². The molecule has 1 aromatic carbocycles. The lowest BCUT2D eigenvalue weighted by atomic mass is 10.2. The molecule has 0 amide bonds. The third-order valence-corrected chi connectivity index (χ3v) is 2.16. The van der Waals surface area contributed by atoms with Crippen molar-refractivity contribution in [2.75, 3.05) is 13.2 Å². The van der Waals surface area contributed by atoms with Crippen molar-refractivity contribution >= 4 is 17.1 Å². The highest BCUT2D eigenvalue weighted by molar-refractivity contribution is 5.96. The molecular formula is C11H12N2O2. The molecule has 78 valence electrons. The Morgan fingerprint density at radius 2 is 2.13 bits per heavy atom.